The molecule has 0 amide bonds. The van der Waals surface area contributed by atoms with E-state index in [-0.39, 0.29) is 39.2 Å². The number of carbonyl (C=O) groups is 3. The lowest BCUT2D eigenvalue weighted by molar-refractivity contribution is -0.153. The topological polar surface area (TPSA) is 131 Å². The minimum absolute atomic E-state index is 0.0330. The fourth-order valence-corrected chi connectivity index (χ4v) is 6.85. The number of allylic oxidation sites excluding steroid dienone is 3. The number of para-hydroxylation sites is 1. The minimum Gasteiger partial charge on any atom is -0.506 e. The number of aromatic nitrogens is 1. The number of aromatic amines is 1. The summed E-state index contributed by atoms with van der Waals surface area (Å²) in [6, 6.07) is 10.4. The Balaban J connectivity index is 1.83. The van der Waals surface area contributed by atoms with Crippen molar-refractivity contribution in [3.8, 4) is 5.75 Å². The average Bonchev–Trinajstić information content (AvgIpc) is 3.20. The van der Waals surface area contributed by atoms with Gasteiger partial charge in [-0.05, 0) is 65.5 Å². The van der Waals surface area contributed by atoms with E-state index < -0.39 is 28.8 Å². The van der Waals surface area contributed by atoms with Crippen molar-refractivity contribution in [3.63, 3.8) is 0 Å². The molecule has 4 N–H and O–H groups in total. The maximum absolute atomic E-state index is 13.8. The van der Waals surface area contributed by atoms with E-state index in [4.69, 9.17) is 0 Å². The molecule has 2 aliphatic heterocycles. The second-order valence-electron chi connectivity index (χ2n) is 8.82. The highest BCUT2D eigenvalue weighted by atomic mass is 79.9. The van der Waals surface area contributed by atoms with Crippen LogP contribution in [0.25, 0.3) is 10.9 Å². The van der Waals surface area contributed by atoms with Gasteiger partial charge in [0, 0.05) is 33.2 Å². The summed E-state index contributed by atoms with van der Waals surface area (Å²) in [6.45, 7) is 3.25. The standard InChI is InChI=1S/C26H20Br2N2O6/c1-11-19(22(32)16-9-13(27)10-17(28)21(16)31)12(2)30-8-7-15-14-5-3-4-6-18(14)29-23(15)26(30,25(35)36)20(11)24(33)34/h3-6,9-10,29,31H,7-8H2,1-2H3,(H,33,34)(H,35,36). The van der Waals surface area contributed by atoms with Crippen molar-refractivity contribution in [3.05, 3.63) is 84.6 Å². The van der Waals surface area contributed by atoms with Crippen LogP contribution in [-0.2, 0) is 21.5 Å². The second kappa shape index (κ2) is 8.35. The first-order valence-corrected chi connectivity index (χ1v) is 12.6. The van der Waals surface area contributed by atoms with Crippen LogP contribution in [0.5, 0.6) is 5.75 Å². The van der Waals surface area contributed by atoms with Crippen LogP contribution < -0.4 is 0 Å². The molecule has 2 aliphatic rings. The summed E-state index contributed by atoms with van der Waals surface area (Å²) < 4.78 is 0.820. The molecule has 5 rings (SSSR count). The van der Waals surface area contributed by atoms with Gasteiger partial charge < -0.3 is 25.2 Å². The molecule has 184 valence electrons. The van der Waals surface area contributed by atoms with E-state index in [1.807, 2.05) is 24.3 Å². The molecule has 0 radical (unpaired) electrons. The van der Waals surface area contributed by atoms with Gasteiger partial charge in [0.25, 0.3) is 0 Å². The van der Waals surface area contributed by atoms with Crippen LogP contribution in [-0.4, -0.2) is 49.5 Å². The van der Waals surface area contributed by atoms with Gasteiger partial charge in [-0.15, -0.1) is 0 Å². The summed E-state index contributed by atoms with van der Waals surface area (Å²) in [5.74, 6) is -3.70. The summed E-state index contributed by atoms with van der Waals surface area (Å²) in [7, 11) is 0. The third-order valence-corrected chi connectivity index (χ3v) is 8.13. The molecule has 0 spiro atoms. The number of ketones is 1. The predicted octanol–water partition coefficient (Wildman–Crippen LogP) is 5.11. The van der Waals surface area contributed by atoms with Crippen molar-refractivity contribution in [2.75, 3.05) is 6.54 Å². The molecule has 0 bridgehead atoms. The van der Waals surface area contributed by atoms with Gasteiger partial charge in [0.1, 0.15) is 5.75 Å². The number of rotatable bonds is 4. The number of carboxylic acids is 2. The monoisotopic (exact) mass is 614 g/mol. The predicted molar refractivity (Wildman–Crippen MR) is 139 cm³/mol. The van der Waals surface area contributed by atoms with E-state index in [0.717, 1.165) is 10.9 Å². The molecule has 1 aromatic heterocycles. The van der Waals surface area contributed by atoms with Gasteiger partial charge in [-0.25, -0.2) is 9.59 Å². The number of aliphatic carboxylic acids is 2. The molecule has 3 aromatic rings. The third kappa shape index (κ3) is 3.13. The molecule has 0 saturated carbocycles. The van der Waals surface area contributed by atoms with E-state index in [1.54, 1.807) is 13.0 Å². The lowest BCUT2D eigenvalue weighted by atomic mass is 9.72. The molecule has 2 aromatic carbocycles. The second-order valence-corrected chi connectivity index (χ2v) is 10.6. The lowest BCUT2D eigenvalue weighted by Crippen LogP contribution is -2.59. The zero-order chi connectivity index (χ0) is 26.1. The first-order valence-electron chi connectivity index (χ1n) is 11.0. The maximum Gasteiger partial charge on any atom is 0.340 e. The van der Waals surface area contributed by atoms with Crippen molar-refractivity contribution in [2.45, 2.75) is 25.8 Å². The first kappa shape index (κ1) is 24.3. The number of benzene rings is 2. The normalized spacial score (nSPS) is 19.4. The van der Waals surface area contributed by atoms with E-state index in [9.17, 15) is 29.7 Å². The van der Waals surface area contributed by atoms with Crippen molar-refractivity contribution in [2.24, 2.45) is 0 Å². The Labute approximate surface area is 222 Å². The summed E-state index contributed by atoms with van der Waals surface area (Å²) in [5.41, 5.74) is -0.383. The van der Waals surface area contributed by atoms with Crippen molar-refractivity contribution >= 4 is 60.5 Å². The van der Waals surface area contributed by atoms with Crippen molar-refractivity contribution in [1.82, 2.24) is 9.88 Å². The molecule has 0 aliphatic carbocycles. The fraction of sp³-hybridized carbons (Fsp3) is 0.192. The number of hydrogen-bond donors (Lipinski definition) is 4. The molecule has 3 heterocycles. The van der Waals surface area contributed by atoms with Gasteiger partial charge in [-0.3, -0.25) is 4.79 Å². The van der Waals surface area contributed by atoms with Crippen LogP contribution in [0.4, 0.5) is 0 Å². The van der Waals surface area contributed by atoms with Gasteiger partial charge >= 0.3 is 11.9 Å². The Kier molecular flexibility index (Phi) is 5.64. The van der Waals surface area contributed by atoms with Crippen LogP contribution in [0.2, 0.25) is 0 Å². The van der Waals surface area contributed by atoms with Gasteiger partial charge in [0.2, 0.25) is 5.54 Å². The number of carboxylic acid groups (broad SMARTS) is 2. The number of nitrogens with one attached hydrogen (secondary N) is 1. The number of phenols is 1. The Morgan fingerprint density at radius 1 is 1.08 bits per heavy atom. The Morgan fingerprint density at radius 3 is 2.44 bits per heavy atom. The largest absolute Gasteiger partial charge is 0.506 e. The van der Waals surface area contributed by atoms with Crippen LogP contribution in [0, 0.1) is 0 Å². The van der Waals surface area contributed by atoms with Crippen LogP contribution in [0.15, 0.2) is 67.8 Å². The Bertz CT molecular complexity index is 1580. The van der Waals surface area contributed by atoms with Crippen LogP contribution in [0.3, 0.4) is 0 Å². The smallest absolute Gasteiger partial charge is 0.340 e. The summed E-state index contributed by atoms with van der Waals surface area (Å²) in [4.78, 5) is 44.4. The van der Waals surface area contributed by atoms with Crippen molar-refractivity contribution in [1.29, 1.82) is 0 Å². The molecule has 8 nitrogen and oxygen atoms in total. The fourth-order valence-electron chi connectivity index (χ4n) is 5.63. The van der Waals surface area contributed by atoms with E-state index in [2.05, 4.69) is 36.8 Å². The Morgan fingerprint density at radius 2 is 1.78 bits per heavy atom. The number of aromatic hydroxyl groups is 1. The molecular weight excluding hydrogens is 596 g/mol. The first-order chi connectivity index (χ1) is 17.0. The zero-order valence-electron chi connectivity index (χ0n) is 19.1. The number of carbonyl (C=O) groups excluding carboxylic acids is 1. The summed E-state index contributed by atoms with van der Waals surface area (Å²) >= 11 is 6.54. The summed E-state index contributed by atoms with van der Waals surface area (Å²) in [6.07, 6.45) is 0.451. The quantitative estimate of drug-likeness (QED) is 0.300. The lowest BCUT2D eigenvalue weighted by Gasteiger charge is -2.49. The van der Waals surface area contributed by atoms with E-state index in [0.29, 0.717) is 22.1 Å². The molecule has 0 fully saturated rings. The third-order valence-electron chi connectivity index (χ3n) is 7.07. The van der Waals surface area contributed by atoms with E-state index >= 15 is 0 Å². The molecular formula is C26H20Br2N2O6. The highest BCUT2D eigenvalue weighted by molar-refractivity contribution is 9.11. The highest BCUT2D eigenvalue weighted by Crippen LogP contribution is 2.51. The number of Topliss-reactive ketones (excluding diaryl/α,β-unsaturated/α-hetero) is 1. The molecule has 0 saturated heterocycles. The van der Waals surface area contributed by atoms with Crippen LogP contribution in [0.1, 0.15) is 35.5 Å². The Hall–Kier alpha value is -3.37. The van der Waals surface area contributed by atoms with Crippen molar-refractivity contribution < 1.29 is 29.7 Å². The van der Waals surface area contributed by atoms with Gasteiger partial charge in [-0.1, -0.05) is 34.1 Å². The number of phenolic OH excluding ortho intramolecular Hbond substituents is 1. The van der Waals surface area contributed by atoms with Gasteiger partial charge in [-0.2, -0.15) is 0 Å². The van der Waals surface area contributed by atoms with Gasteiger partial charge in [0.05, 0.1) is 21.3 Å². The molecule has 10 heteroatoms. The zero-order valence-corrected chi connectivity index (χ0v) is 22.3. The number of fused-ring (bicyclic) bond motifs is 5. The van der Waals surface area contributed by atoms with Crippen LogP contribution >= 0.6 is 31.9 Å². The SMILES string of the molecule is CC1=C(C(=O)O)C2(C(=O)O)c3[nH]c4ccccc4c3CCN2C(C)=C1C(=O)c1cc(Br)cc(Br)c1O. The molecule has 36 heavy (non-hydrogen) atoms. The van der Waals surface area contributed by atoms with Gasteiger partial charge in [0.15, 0.2) is 5.78 Å². The number of halogens is 2. The van der Waals surface area contributed by atoms with E-state index in [1.165, 1.54) is 17.9 Å². The molecule has 1 unspecified atom stereocenters. The minimum atomic E-state index is -2.06. The highest BCUT2D eigenvalue weighted by Gasteiger charge is 2.59. The number of nitrogens with zero attached hydrogens (tertiary/aromatic N) is 1. The summed E-state index contributed by atoms with van der Waals surface area (Å²) in [5, 5.41) is 32.5. The number of hydrogen-bond acceptors (Lipinski definition) is 5. The maximum atomic E-state index is 13.8. The molecule has 1 atom stereocenters. The average molecular weight is 616 g/mol. The number of H-pyrrole nitrogens is 1.